The van der Waals surface area contributed by atoms with Gasteiger partial charge in [0.1, 0.15) is 6.54 Å². The van der Waals surface area contributed by atoms with Gasteiger partial charge in [-0.25, -0.2) is 14.4 Å². The van der Waals surface area contributed by atoms with Gasteiger partial charge in [0.15, 0.2) is 0 Å². The molecule has 0 atom stereocenters. The maximum atomic E-state index is 11.7. The molecule has 3 aliphatic heterocycles. The summed E-state index contributed by atoms with van der Waals surface area (Å²) in [6.07, 6.45) is 0. The molecule has 4 rings (SSSR count). The van der Waals surface area contributed by atoms with E-state index in [1.54, 1.807) is 0 Å². The van der Waals surface area contributed by atoms with E-state index < -0.39 is 30.4 Å². The highest BCUT2D eigenvalue weighted by Gasteiger charge is 2.43. The average Bonchev–Trinajstić information content (AvgIpc) is 2.64. The minimum absolute atomic E-state index is 0.109. The number of hydrogen-bond acceptors (Lipinski definition) is 6. The number of amides is 3. The van der Waals surface area contributed by atoms with Crippen molar-refractivity contribution in [1.29, 1.82) is 0 Å². The summed E-state index contributed by atoms with van der Waals surface area (Å²) >= 11 is 0. The minimum atomic E-state index is -1.02. The van der Waals surface area contributed by atoms with Gasteiger partial charge in [0, 0.05) is 0 Å². The molecular weight excluding hydrogens is 256 g/mol. The number of carbonyl (C=O) groups is 4. The fraction of sp³-hybridized carbons (Fsp3) is 0.0909. The van der Waals surface area contributed by atoms with Gasteiger partial charge in [0.25, 0.3) is 5.91 Å². The lowest BCUT2D eigenvalue weighted by Crippen LogP contribution is -2.35. The summed E-state index contributed by atoms with van der Waals surface area (Å²) in [6, 6.07) is 4.38. The largest absolute Gasteiger partial charge is 0.394 e. The molecule has 4 bridgehead atoms. The second kappa shape index (κ2) is 3.80. The fourth-order valence-corrected chi connectivity index (χ4v) is 1.65. The molecule has 8 heteroatoms. The molecule has 0 spiro atoms. The van der Waals surface area contributed by atoms with Crippen LogP contribution in [0.5, 0.6) is 0 Å². The first-order valence-electron chi connectivity index (χ1n) is 5.25. The van der Waals surface area contributed by atoms with Gasteiger partial charge in [-0.15, -0.1) is 5.06 Å². The van der Waals surface area contributed by atoms with Crippen LogP contribution in [-0.2, 0) is 14.5 Å². The van der Waals surface area contributed by atoms with Crippen molar-refractivity contribution in [1.82, 2.24) is 10.1 Å². The van der Waals surface area contributed by atoms with Crippen LogP contribution < -0.4 is 0 Å². The molecule has 3 amide bonds. The van der Waals surface area contributed by atoms with E-state index in [1.807, 2.05) is 0 Å². The predicted molar refractivity (Wildman–Crippen MR) is 56.2 cm³/mol. The molecule has 0 saturated carbocycles. The second-order valence-electron chi connectivity index (χ2n) is 3.84. The van der Waals surface area contributed by atoms with E-state index in [1.165, 1.54) is 24.3 Å². The van der Waals surface area contributed by atoms with Crippen LogP contribution in [0.3, 0.4) is 0 Å². The standard InChI is InChI=1S/C11H6N2O6/c14-8-5-12-11(17)13(8)19-10(16)7-3-1-6(2-4-7)9(15)18-12/h1-4H,5H2. The van der Waals surface area contributed by atoms with Gasteiger partial charge in [-0.2, -0.15) is 0 Å². The van der Waals surface area contributed by atoms with Crippen LogP contribution in [0, 0.1) is 0 Å². The number of nitrogens with zero attached hydrogens (tertiary/aromatic N) is 2. The van der Waals surface area contributed by atoms with Gasteiger partial charge in [0.2, 0.25) is 0 Å². The molecule has 1 saturated heterocycles. The van der Waals surface area contributed by atoms with Crippen LogP contribution in [0.25, 0.3) is 0 Å². The van der Waals surface area contributed by atoms with Crippen LogP contribution in [0.2, 0.25) is 0 Å². The molecule has 1 aromatic rings. The highest BCUT2D eigenvalue weighted by molar-refractivity contribution is 6.03. The Morgan fingerprint density at radius 1 is 0.842 bits per heavy atom. The summed E-state index contributed by atoms with van der Waals surface area (Å²) in [6.45, 7) is -0.492. The van der Waals surface area contributed by atoms with Gasteiger partial charge < -0.3 is 9.68 Å². The molecule has 1 fully saturated rings. The van der Waals surface area contributed by atoms with Gasteiger partial charge in [-0.3, -0.25) is 4.79 Å². The maximum Gasteiger partial charge on any atom is 0.394 e. The van der Waals surface area contributed by atoms with Gasteiger partial charge in [-0.1, -0.05) is 5.06 Å². The second-order valence-corrected chi connectivity index (χ2v) is 3.84. The zero-order chi connectivity index (χ0) is 13.6. The number of hydrogen-bond donors (Lipinski definition) is 0. The summed E-state index contributed by atoms with van der Waals surface area (Å²) < 4.78 is 0. The Labute approximate surface area is 106 Å². The van der Waals surface area contributed by atoms with Crippen molar-refractivity contribution in [2.75, 3.05) is 6.54 Å². The molecule has 0 radical (unpaired) electrons. The minimum Gasteiger partial charge on any atom is -0.331 e. The Balaban J connectivity index is 2.06. The first kappa shape index (κ1) is 11.2. The summed E-state index contributed by atoms with van der Waals surface area (Å²) in [4.78, 5) is 56.0. The van der Waals surface area contributed by atoms with E-state index in [0.29, 0.717) is 5.06 Å². The molecule has 0 aliphatic carbocycles. The quantitative estimate of drug-likeness (QED) is 0.616. The molecule has 3 aliphatic rings. The third kappa shape index (κ3) is 1.69. The molecular formula is C11H6N2O6. The van der Waals surface area contributed by atoms with Crippen LogP contribution in [0.15, 0.2) is 24.3 Å². The van der Waals surface area contributed by atoms with Crippen molar-refractivity contribution in [2.45, 2.75) is 0 Å². The molecule has 3 heterocycles. The molecule has 8 nitrogen and oxygen atoms in total. The van der Waals surface area contributed by atoms with Crippen molar-refractivity contribution in [3.63, 3.8) is 0 Å². The van der Waals surface area contributed by atoms with Gasteiger partial charge >= 0.3 is 18.0 Å². The maximum absolute atomic E-state index is 11.7. The third-order valence-electron chi connectivity index (χ3n) is 2.62. The number of imide groups is 1. The predicted octanol–water partition coefficient (Wildman–Crippen LogP) is 0.108. The van der Waals surface area contributed by atoms with E-state index in [0.717, 1.165) is 0 Å². The van der Waals surface area contributed by atoms with Crippen molar-refractivity contribution in [3.05, 3.63) is 35.4 Å². The zero-order valence-electron chi connectivity index (χ0n) is 9.36. The Morgan fingerprint density at radius 3 is 1.95 bits per heavy atom. The van der Waals surface area contributed by atoms with Crippen molar-refractivity contribution >= 4 is 23.9 Å². The lowest BCUT2D eigenvalue weighted by molar-refractivity contribution is -0.148. The summed E-state index contributed by atoms with van der Waals surface area (Å²) in [5, 5.41) is 0.809. The molecule has 1 aromatic carbocycles. The fourth-order valence-electron chi connectivity index (χ4n) is 1.65. The SMILES string of the molecule is O=C1ON2CC(=O)N(OC(=O)c3ccc1cc3)C2=O. The number of carbonyl (C=O) groups excluding carboxylic acids is 4. The first-order chi connectivity index (χ1) is 9.06. The number of benzene rings is 1. The highest BCUT2D eigenvalue weighted by atomic mass is 16.8. The Kier molecular flexibility index (Phi) is 2.24. The number of urea groups is 1. The Morgan fingerprint density at radius 2 is 1.37 bits per heavy atom. The number of fused-ring (bicyclic) bond motifs is 4. The number of hydroxylamine groups is 4. The average molecular weight is 262 g/mol. The monoisotopic (exact) mass is 262 g/mol. The third-order valence-corrected chi connectivity index (χ3v) is 2.62. The van der Waals surface area contributed by atoms with E-state index in [2.05, 4.69) is 4.84 Å². The Hall–Kier alpha value is -2.90. The van der Waals surface area contributed by atoms with E-state index in [9.17, 15) is 19.2 Å². The lowest BCUT2D eigenvalue weighted by atomic mass is 10.1. The highest BCUT2D eigenvalue weighted by Crippen LogP contribution is 2.17. The topological polar surface area (TPSA) is 93.2 Å². The van der Waals surface area contributed by atoms with E-state index >= 15 is 0 Å². The summed E-state index contributed by atoms with van der Waals surface area (Å²) in [5.41, 5.74) is 0.259. The van der Waals surface area contributed by atoms with Crippen LogP contribution in [0.4, 0.5) is 4.79 Å². The molecule has 0 N–H and O–H groups in total. The normalized spacial score (nSPS) is 18.3. The van der Waals surface area contributed by atoms with Crippen molar-refractivity contribution in [2.24, 2.45) is 0 Å². The number of rotatable bonds is 0. The van der Waals surface area contributed by atoms with E-state index in [4.69, 9.17) is 4.84 Å². The van der Waals surface area contributed by atoms with Crippen LogP contribution in [-0.4, -0.2) is 40.5 Å². The van der Waals surface area contributed by atoms with Gasteiger partial charge in [-0.05, 0) is 24.3 Å². The smallest absolute Gasteiger partial charge is 0.331 e. The lowest BCUT2D eigenvalue weighted by Gasteiger charge is -2.13. The van der Waals surface area contributed by atoms with Crippen molar-refractivity contribution in [3.8, 4) is 0 Å². The molecule has 0 aromatic heterocycles. The van der Waals surface area contributed by atoms with Crippen LogP contribution in [0.1, 0.15) is 20.7 Å². The molecule has 0 unspecified atom stereocenters. The first-order valence-corrected chi connectivity index (χ1v) is 5.25. The molecule has 19 heavy (non-hydrogen) atoms. The zero-order valence-corrected chi connectivity index (χ0v) is 9.36. The van der Waals surface area contributed by atoms with Crippen LogP contribution >= 0.6 is 0 Å². The van der Waals surface area contributed by atoms with Gasteiger partial charge in [0.05, 0.1) is 11.1 Å². The molecule has 96 valence electrons. The summed E-state index contributed by atoms with van der Waals surface area (Å²) in [5.74, 6) is -2.46. The Bertz CT molecular complexity index is 608. The van der Waals surface area contributed by atoms with E-state index in [-0.39, 0.29) is 16.2 Å². The van der Waals surface area contributed by atoms with Crippen molar-refractivity contribution < 1.29 is 28.9 Å². The summed E-state index contributed by atoms with van der Waals surface area (Å²) in [7, 11) is 0.